The van der Waals surface area contributed by atoms with E-state index in [4.69, 9.17) is 0 Å². The average molecular weight is 293 g/mol. The van der Waals surface area contributed by atoms with Crippen LogP contribution in [0.2, 0.25) is 0 Å². The highest BCUT2D eigenvalue weighted by atomic mass is 15.5. The van der Waals surface area contributed by atoms with Gasteiger partial charge in [-0.05, 0) is 54.0 Å². The van der Waals surface area contributed by atoms with E-state index >= 15 is 0 Å². The molecular weight excluding hydrogens is 274 g/mol. The third kappa shape index (κ3) is 3.49. The second-order valence-corrected chi connectivity index (χ2v) is 5.20. The second kappa shape index (κ2) is 6.85. The van der Waals surface area contributed by atoms with Crippen molar-refractivity contribution < 1.29 is 0 Å². The van der Waals surface area contributed by atoms with Gasteiger partial charge in [0.05, 0.1) is 5.69 Å². The van der Waals surface area contributed by atoms with Crippen molar-refractivity contribution in [1.29, 1.82) is 0 Å². The van der Waals surface area contributed by atoms with E-state index in [1.165, 1.54) is 5.56 Å². The maximum atomic E-state index is 3.99. The van der Waals surface area contributed by atoms with E-state index in [1.807, 2.05) is 25.1 Å². The summed E-state index contributed by atoms with van der Waals surface area (Å²) in [6.45, 7) is 2.83. The Morgan fingerprint density at radius 3 is 2.68 bits per heavy atom. The molecule has 0 aliphatic rings. The standard InChI is InChI=1S/C17H19N5/c1-14-19-20-21-22(14)17-11-5-10-16(13-17)18-12-6-9-15-7-3-2-4-8-15/h2-5,7-8,10-11,13,18H,6,9,12H2,1H3. The normalized spacial score (nSPS) is 10.6. The number of benzene rings is 2. The summed E-state index contributed by atoms with van der Waals surface area (Å²) in [5, 5.41) is 15.0. The molecule has 0 bridgehead atoms. The molecule has 3 aromatic rings. The summed E-state index contributed by atoms with van der Waals surface area (Å²) in [5.41, 5.74) is 3.43. The van der Waals surface area contributed by atoms with Crippen molar-refractivity contribution in [3.8, 4) is 5.69 Å². The molecule has 0 saturated heterocycles. The molecular formula is C17H19N5. The van der Waals surface area contributed by atoms with Crippen LogP contribution in [0.25, 0.3) is 5.69 Å². The number of nitrogens with one attached hydrogen (secondary N) is 1. The topological polar surface area (TPSA) is 55.6 Å². The van der Waals surface area contributed by atoms with Gasteiger partial charge in [-0.2, -0.15) is 4.68 Å². The predicted octanol–water partition coefficient (Wildman–Crippen LogP) is 3.02. The van der Waals surface area contributed by atoms with Gasteiger partial charge in [0.2, 0.25) is 0 Å². The van der Waals surface area contributed by atoms with E-state index in [2.05, 4.69) is 57.2 Å². The molecule has 1 aromatic heterocycles. The van der Waals surface area contributed by atoms with Crippen molar-refractivity contribution in [3.63, 3.8) is 0 Å². The van der Waals surface area contributed by atoms with Crippen LogP contribution < -0.4 is 5.32 Å². The van der Waals surface area contributed by atoms with E-state index in [0.717, 1.165) is 36.6 Å². The molecule has 0 aliphatic heterocycles. The van der Waals surface area contributed by atoms with Crippen LogP contribution in [0.3, 0.4) is 0 Å². The van der Waals surface area contributed by atoms with Crippen LogP contribution in [0.15, 0.2) is 54.6 Å². The number of rotatable bonds is 6. The van der Waals surface area contributed by atoms with Crippen LogP contribution in [0.4, 0.5) is 5.69 Å². The molecule has 5 nitrogen and oxygen atoms in total. The van der Waals surface area contributed by atoms with Crippen molar-refractivity contribution in [2.45, 2.75) is 19.8 Å². The number of aryl methyl sites for hydroxylation is 2. The Hall–Kier alpha value is -2.69. The minimum atomic E-state index is 0.779. The zero-order valence-corrected chi connectivity index (χ0v) is 12.6. The number of nitrogens with zero attached hydrogens (tertiary/aromatic N) is 4. The average Bonchev–Trinajstić information content (AvgIpc) is 2.99. The van der Waals surface area contributed by atoms with Gasteiger partial charge in [0.1, 0.15) is 0 Å². The molecule has 0 atom stereocenters. The zero-order valence-electron chi connectivity index (χ0n) is 12.6. The summed E-state index contributed by atoms with van der Waals surface area (Å²) < 4.78 is 1.73. The number of aromatic nitrogens is 4. The van der Waals surface area contributed by atoms with Crippen LogP contribution in [0.5, 0.6) is 0 Å². The van der Waals surface area contributed by atoms with Gasteiger partial charge >= 0.3 is 0 Å². The molecule has 2 aromatic carbocycles. The molecule has 112 valence electrons. The molecule has 1 N–H and O–H groups in total. The number of tetrazole rings is 1. The lowest BCUT2D eigenvalue weighted by molar-refractivity contribution is 0.779. The largest absolute Gasteiger partial charge is 0.385 e. The fraction of sp³-hybridized carbons (Fsp3) is 0.235. The first-order valence-corrected chi connectivity index (χ1v) is 7.46. The van der Waals surface area contributed by atoms with Crippen LogP contribution in [-0.2, 0) is 6.42 Å². The van der Waals surface area contributed by atoms with Crippen molar-refractivity contribution >= 4 is 5.69 Å². The molecule has 1 heterocycles. The van der Waals surface area contributed by atoms with Crippen LogP contribution in [0.1, 0.15) is 17.8 Å². The van der Waals surface area contributed by atoms with E-state index in [1.54, 1.807) is 4.68 Å². The number of hydrogen-bond acceptors (Lipinski definition) is 4. The molecule has 0 aliphatic carbocycles. The highest BCUT2D eigenvalue weighted by molar-refractivity contribution is 5.50. The molecule has 3 rings (SSSR count). The summed E-state index contributed by atoms with van der Waals surface area (Å²) >= 11 is 0. The molecule has 0 amide bonds. The van der Waals surface area contributed by atoms with E-state index in [9.17, 15) is 0 Å². The second-order valence-electron chi connectivity index (χ2n) is 5.20. The van der Waals surface area contributed by atoms with Crippen molar-refractivity contribution in [2.24, 2.45) is 0 Å². The van der Waals surface area contributed by atoms with Crippen molar-refractivity contribution in [1.82, 2.24) is 20.2 Å². The Labute approximate surface area is 130 Å². The Bertz CT molecular complexity index is 721. The van der Waals surface area contributed by atoms with E-state index in [0.29, 0.717) is 0 Å². The third-order valence-corrected chi connectivity index (χ3v) is 3.53. The fourth-order valence-corrected chi connectivity index (χ4v) is 2.39. The zero-order chi connectivity index (χ0) is 15.2. The maximum absolute atomic E-state index is 3.99. The highest BCUT2D eigenvalue weighted by Crippen LogP contribution is 2.14. The van der Waals surface area contributed by atoms with Crippen molar-refractivity contribution in [3.05, 3.63) is 66.0 Å². The summed E-state index contributed by atoms with van der Waals surface area (Å²) in [6, 6.07) is 18.7. The monoisotopic (exact) mass is 293 g/mol. The number of hydrogen-bond donors (Lipinski definition) is 1. The van der Waals surface area contributed by atoms with Gasteiger partial charge in [0.25, 0.3) is 0 Å². The Balaban J connectivity index is 1.56. The van der Waals surface area contributed by atoms with Gasteiger partial charge in [0.15, 0.2) is 5.82 Å². The minimum Gasteiger partial charge on any atom is -0.385 e. The SMILES string of the molecule is Cc1nnnn1-c1cccc(NCCCc2ccccc2)c1. The van der Waals surface area contributed by atoms with Crippen LogP contribution >= 0.6 is 0 Å². The lowest BCUT2D eigenvalue weighted by Crippen LogP contribution is -2.05. The molecule has 22 heavy (non-hydrogen) atoms. The first kappa shape index (κ1) is 14.3. The lowest BCUT2D eigenvalue weighted by atomic mass is 10.1. The molecule has 0 spiro atoms. The first-order chi connectivity index (χ1) is 10.8. The van der Waals surface area contributed by atoms with Crippen LogP contribution in [-0.4, -0.2) is 26.8 Å². The van der Waals surface area contributed by atoms with Gasteiger partial charge in [-0.1, -0.05) is 36.4 Å². The first-order valence-electron chi connectivity index (χ1n) is 7.46. The smallest absolute Gasteiger partial charge is 0.153 e. The lowest BCUT2D eigenvalue weighted by Gasteiger charge is -2.08. The van der Waals surface area contributed by atoms with E-state index < -0.39 is 0 Å². The molecule has 5 heteroatoms. The molecule has 0 unspecified atom stereocenters. The Morgan fingerprint density at radius 1 is 1.05 bits per heavy atom. The summed E-state index contributed by atoms with van der Waals surface area (Å²) in [5.74, 6) is 0.779. The fourth-order valence-electron chi connectivity index (χ4n) is 2.39. The van der Waals surface area contributed by atoms with Gasteiger partial charge in [-0.15, -0.1) is 5.10 Å². The van der Waals surface area contributed by atoms with Crippen molar-refractivity contribution in [2.75, 3.05) is 11.9 Å². The quantitative estimate of drug-likeness (QED) is 0.710. The Kier molecular flexibility index (Phi) is 4.44. The van der Waals surface area contributed by atoms with Crippen LogP contribution in [0, 0.1) is 6.92 Å². The summed E-state index contributed by atoms with van der Waals surface area (Å²) in [6.07, 6.45) is 2.18. The minimum absolute atomic E-state index is 0.779. The summed E-state index contributed by atoms with van der Waals surface area (Å²) in [4.78, 5) is 0. The summed E-state index contributed by atoms with van der Waals surface area (Å²) in [7, 11) is 0. The highest BCUT2D eigenvalue weighted by Gasteiger charge is 2.03. The Morgan fingerprint density at radius 2 is 1.91 bits per heavy atom. The maximum Gasteiger partial charge on any atom is 0.153 e. The van der Waals surface area contributed by atoms with Gasteiger partial charge in [-0.3, -0.25) is 0 Å². The predicted molar refractivity (Wildman–Crippen MR) is 87.1 cm³/mol. The molecule has 0 saturated carbocycles. The van der Waals surface area contributed by atoms with E-state index in [-0.39, 0.29) is 0 Å². The van der Waals surface area contributed by atoms with Gasteiger partial charge < -0.3 is 5.32 Å². The van der Waals surface area contributed by atoms with Gasteiger partial charge in [0, 0.05) is 12.2 Å². The third-order valence-electron chi connectivity index (χ3n) is 3.53. The van der Waals surface area contributed by atoms with Gasteiger partial charge in [-0.25, -0.2) is 0 Å². The molecule has 0 radical (unpaired) electrons. The molecule has 0 fully saturated rings. The number of anilines is 1.